The van der Waals surface area contributed by atoms with Gasteiger partial charge in [-0.2, -0.15) is 0 Å². The molecule has 0 bridgehead atoms. The van der Waals surface area contributed by atoms with Gasteiger partial charge in [-0.25, -0.2) is 8.42 Å². The van der Waals surface area contributed by atoms with Gasteiger partial charge in [-0.05, 0) is 36.1 Å². The summed E-state index contributed by atoms with van der Waals surface area (Å²) >= 11 is 0. The second-order valence-corrected chi connectivity index (χ2v) is 9.04. The molecule has 0 radical (unpaired) electrons. The molecular weight excluding hydrogens is 344 g/mol. The fourth-order valence-corrected chi connectivity index (χ4v) is 5.05. The molecule has 136 valence electrons. The van der Waals surface area contributed by atoms with Gasteiger partial charge in [0, 0.05) is 36.3 Å². The van der Waals surface area contributed by atoms with Gasteiger partial charge in [-0.1, -0.05) is 48.5 Å². The molecule has 0 unspecified atom stereocenters. The van der Waals surface area contributed by atoms with Gasteiger partial charge >= 0.3 is 0 Å². The number of nitrogens with one attached hydrogen (secondary N) is 1. The SMILES string of the molecule is O=S1(=O)C=C[C@H](NC2CCN(c3cccc(-c4ccccc4)c3)CC2)C1. The van der Waals surface area contributed by atoms with Crippen LogP contribution in [-0.2, 0) is 9.84 Å². The Morgan fingerprint density at radius 1 is 0.923 bits per heavy atom. The van der Waals surface area contributed by atoms with Crippen molar-refractivity contribution in [2.24, 2.45) is 0 Å². The minimum atomic E-state index is -2.98. The van der Waals surface area contributed by atoms with E-state index in [2.05, 4.69) is 58.7 Å². The number of hydrogen-bond acceptors (Lipinski definition) is 4. The minimum absolute atomic E-state index is 0.0297. The molecule has 0 aromatic heterocycles. The molecule has 0 aliphatic carbocycles. The van der Waals surface area contributed by atoms with Crippen molar-refractivity contribution in [2.75, 3.05) is 23.7 Å². The Bertz CT molecular complexity index is 885. The van der Waals surface area contributed by atoms with Crippen molar-refractivity contribution in [3.8, 4) is 11.1 Å². The van der Waals surface area contributed by atoms with Crippen molar-refractivity contribution >= 4 is 15.5 Å². The maximum atomic E-state index is 11.5. The van der Waals surface area contributed by atoms with Gasteiger partial charge in [0.2, 0.25) is 0 Å². The fourth-order valence-electron chi connectivity index (χ4n) is 3.80. The average Bonchev–Trinajstić information content (AvgIpc) is 3.01. The third-order valence-electron chi connectivity index (χ3n) is 5.19. The first kappa shape index (κ1) is 17.3. The predicted molar refractivity (Wildman–Crippen MR) is 107 cm³/mol. The summed E-state index contributed by atoms with van der Waals surface area (Å²) in [5.41, 5.74) is 3.73. The van der Waals surface area contributed by atoms with Crippen molar-refractivity contribution in [3.05, 3.63) is 66.1 Å². The Morgan fingerprint density at radius 3 is 2.35 bits per heavy atom. The summed E-state index contributed by atoms with van der Waals surface area (Å²) in [5, 5.41) is 4.83. The zero-order valence-electron chi connectivity index (χ0n) is 14.7. The Kier molecular flexibility index (Phi) is 4.83. The van der Waals surface area contributed by atoms with Crippen LogP contribution < -0.4 is 10.2 Å². The lowest BCUT2D eigenvalue weighted by molar-refractivity contribution is 0.401. The number of piperidine rings is 1. The smallest absolute Gasteiger partial charge is 0.173 e. The van der Waals surface area contributed by atoms with Gasteiger partial charge in [0.1, 0.15) is 0 Å². The van der Waals surface area contributed by atoms with E-state index in [-0.39, 0.29) is 11.8 Å². The standard InChI is InChI=1S/C21H24N2O2S/c24-26(25)14-11-20(16-26)22-19-9-12-23(13-10-19)21-8-4-7-18(15-21)17-5-2-1-3-6-17/h1-8,11,14-15,19-20,22H,9-10,12-13,16H2/t20-/m0/s1. The first-order valence-corrected chi connectivity index (χ1v) is 10.9. The highest BCUT2D eigenvalue weighted by atomic mass is 32.2. The van der Waals surface area contributed by atoms with Crippen LogP contribution in [0.15, 0.2) is 66.1 Å². The van der Waals surface area contributed by atoms with Gasteiger partial charge in [0.15, 0.2) is 9.84 Å². The van der Waals surface area contributed by atoms with Crippen LogP contribution in [0.25, 0.3) is 11.1 Å². The molecule has 0 saturated carbocycles. The number of sulfone groups is 1. The van der Waals surface area contributed by atoms with Crippen LogP contribution in [0, 0.1) is 0 Å². The largest absolute Gasteiger partial charge is 0.371 e. The Balaban J connectivity index is 1.37. The van der Waals surface area contributed by atoms with Crippen molar-refractivity contribution in [2.45, 2.75) is 24.9 Å². The quantitative estimate of drug-likeness (QED) is 0.900. The number of nitrogens with zero attached hydrogens (tertiary/aromatic N) is 1. The molecule has 1 saturated heterocycles. The highest BCUT2D eigenvalue weighted by molar-refractivity contribution is 7.94. The summed E-state index contributed by atoms with van der Waals surface area (Å²) in [6.07, 6.45) is 3.84. The van der Waals surface area contributed by atoms with E-state index in [1.165, 1.54) is 22.2 Å². The number of benzene rings is 2. The fraction of sp³-hybridized carbons (Fsp3) is 0.333. The van der Waals surface area contributed by atoms with E-state index < -0.39 is 9.84 Å². The monoisotopic (exact) mass is 368 g/mol. The summed E-state index contributed by atoms with van der Waals surface area (Å²) in [5.74, 6) is 0.201. The summed E-state index contributed by atoms with van der Waals surface area (Å²) in [6.45, 7) is 1.97. The molecular formula is C21H24N2O2S. The molecule has 2 aliphatic heterocycles. The van der Waals surface area contributed by atoms with Crippen LogP contribution in [0.1, 0.15) is 12.8 Å². The molecule has 2 aromatic rings. The first-order chi connectivity index (χ1) is 12.6. The lowest BCUT2D eigenvalue weighted by Crippen LogP contribution is -2.46. The molecule has 2 heterocycles. The number of anilines is 1. The molecule has 1 fully saturated rings. The number of hydrogen-bond donors (Lipinski definition) is 1. The van der Waals surface area contributed by atoms with Crippen LogP contribution >= 0.6 is 0 Å². The lowest BCUT2D eigenvalue weighted by Gasteiger charge is -2.35. The summed E-state index contributed by atoms with van der Waals surface area (Å²) in [7, 11) is -2.98. The summed E-state index contributed by atoms with van der Waals surface area (Å²) in [6, 6.07) is 19.5. The normalized spacial score (nSPS) is 22.6. The third kappa shape index (κ3) is 4.00. The van der Waals surface area contributed by atoms with E-state index in [0.29, 0.717) is 6.04 Å². The van der Waals surface area contributed by atoms with Crippen molar-refractivity contribution in [3.63, 3.8) is 0 Å². The Morgan fingerprint density at radius 2 is 1.65 bits per heavy atom. The van der Waals surface area contributed by atoms with Crippen LogP contribution in [0.5, 0.6) is 0 Å². The summed E-state index contributed by atoms with van der Waals surface area (Å²) < 4.78 is 23.1. The van der Waals surface area contributed by atoms with E-state index in [9.17, 15) is 8.42 Å². The van der Waals surface area contributed by atoms with Gasteiger partial charge < -0.3 is 10.2 Å². The third-order valence-corrected chi connectivity index (χ3v) is 6.59. The van der Waals surface area contributed by atoms with E-state index in [1.807, 2.05) is 6.07 Å². The van der Waals surface area contributed by atoms with Crippen molar-refractivity contribution < 1.29 is 8.42 Å². The van der Waals surface area contributed by atoms with Crippen LogP contribution in [0.2, 0.25) is 0 Å². The molecule has 1 N–H and O–H groups in total. The number of rotatable bonds is 4. The molecule has 0 spiro atoms. The second kappa shape index (κ2) is 7.25. The van der Waals surface area contributed by atoms with Gasteiger partial charge in [0.05, 0.1) is 5.75 Å². The van der Waals surface area contributed by atoms with E-state index in [0.717, 1.165) is 25.9 Å². The van der Waals surface area contributed by atoms with Crippen LogP contribution in [-0.4, -0.2) is 39.3 Å². The molecule has 2 aromatic carbocycles. The highest BCUT2D eigenvalue weighted by Crippen LogP contribution is 2.27. The van der Waals surface area contributed by atoms with Crippen LogP contribution in [0.3, 0.4) is 0 Å². The van der Waals surface area contributed by atoms with E-state index in [1.54, 1.807) is 6.08 Å². The Labute approximate surface area is 155 Å². The molecule has 0 amide bonds. The molecule has 1 atom stereocenters. The highest BCUT2D eigenvalue weighted by Gasteiger charge is 2.26. The average molecular weight is 369 g/mol. The predicted octanol–water partition coefficient (Wildman–Crippen LogP) is 3.22. The molecule has 2 aliphatic rings. The minimum Gasteiger partial charge on any atom is -0.371 e. The molecule has 5 heteroatoms. The van der Waals surface area contributed by atoms with Crippen LogP contribution in [0.4, 0.5) is 5.69 Å². The molecule has 26 heavy (non-hydrogen) atoms. The lowest BCUT2D eigenvalue weighted by atomic mass is 10.0. The van der Waals surface area contributed by atoms with Gasteiger partial charge in [0.25, 0.3) is 0 Å². The van der Waals surface area contributed by atoms with Crippen molar-refractivity contribution in [1.82, 2.24) is 5.32 Å². The van der Waals surface area contributed by atoms with Gasteiger partial charge in [-0.3, -0.25) is 0 Å². The van der Waals surface area contributed by atoms with Gasteiger partial charge in [-0.15, -0.1) is 0 Å². The van der Waals surface area contributed by atoms with Crippen molar-refractivity contribution in [1.29, 1.82) is 0 Å². The topological polar surface area (TPSA) is 49.4 Å². The second-order valence-electron chi connectivity index (χ2n) is 7.11. The molecule has 4 nitrogen and oxygen atoms in total. The van der Waals surface area contributed by atoms with E-state index in [4.69, 9.17) is 0 Å². The zero-order chi connectivity index (χ0) is 18.0. The first-order valence-electron chi connectivity index (χ1n) is 9.16. The zero-order valence-corrected chi connectivity index (χ0v) is 15.5. The van der Waals surface area contributed by atoms with E-state index >= 15 is 0 Å². The maximum absolute atomic E-state index is 11.5. The molecule has 4 rings (SSSR count). The summed E-state index contributed by atoms with van der Waals surface area (Å²) in [4.78, 5) is 2.42. The Hall–Kier alpha value is -2.11. The maximum Gasteiger partial charge on any atom is 0.173 e.